The summed E-state index contributed by atoms with van der Waals surface area (Å²) in [5.41, 5.74) is 3.38. The lowest BCUT2D eigenvalue weighted by Gasteiger charge is -2.16. The highest BCUT2D eigenvalue weighted by Crippen LogP contribution is 2.35. The fraction of sp³-hybridized carbons (Fsp3) is 0.333. The predicted molar refractivity (Wildman–Crippen MR) is 66.5 cm³/mol. The van der Waals surface area contributed by atoms with Crippen LogP contribution in [-0.2, 0) is 6.42 Å². The molecule has 4 nitrogen and oxygen atoms in total. The average Bonchev–Trinajstić information content (AvgIpc) is 3.00. The summed E-state index contributed by atoms with van der Waals surface area (Å²) in [4.78, 5) is 0. The summed E-state index contributed by atoms with van der Waals surface area (Å²) < 4.78 is 9.65. The molecule has 0 saturated heterocycles. The third kappa shape index (κ3) is 1.81. The fourth-order valence-corrected chi connectivity index (χ4v) is 2.71. The summed E-state index contributed by atoms with van der Waals surface area (Å²) in [5.74, 6) is 1.01. The Morgan fingerprint density at radius 3 is 3.18 bits per heavy atom. The molecule has 1 aliphatic heterocycles. The SMILES string of the molecule is CNC(c1csnn1)c1cccc2c1OCC2. The van der Waals surface area contributed by atoms with Crippen molar-refractivity contribution in [1.29, 1.82) is 0 Å². The standard InChI is InChI=1S/C12H13N3OS/c1-13-11(10-7-17-15-14-10)9-4-2-3-8-5-6-16-12(8)9/h2-4,7,11,13H,5-6H2,1H3. The fourth-order valence-electron chi connectivity index (χ4n) is 2.23. The van der Waals surface area contributed by atoms with Gasteiger partial charge < -0.3 is 10.1 Å². The topological polar surface area (TPSA) is 47.0 Å². The van der Waals surface area contributed by atoms with Crippen LogP contribution in [-0.4, -0.2) is 23.2 Å². The molecule has 0 amide bonds. The molecule has 1 aliphatic rings. The number of rotatable bonds is 3. The van der Waals surface area contributed by atoms with Crippen molar-refractivity contribution < 1.29 is 4.74 Å². The zero-order chi connectivity index (χ0) is 11.7. The molecule has 0 saturated carbocycles. The largest absolute Gasteiger partial charge is 0.493 e. The minimum absolute atomic E-state index is 0.0572. The van der Waals surface area contributed by atoms with E-state index in [-0.39, 0.29) is 6.04 Å². The van der Waals surface area contributed by atoms with Crippen molar-refractivity contribution in [3.63, 3.8) is 0 Å². The highest BCUT2D eigenvalue weighted by molar-refractivity contribution is 7.03. The van der Waals surface area contributed by atoms with Gasteiger partial charge in [-0.15, -0.1) is 5.10 Å². The van der Waals surface area contributed by atoms with Gasteiger partial charge in [-0.1, -0.05) is 22.7 Å². The van der Waals surface area contributed by atoms with E-state index < -0.39 is 0 Å². The van der Waals surface area contributed by atoms with Crippen LogP contribution in [0, 0.1) is 0 Å². The third-order valence-corrected chi connectivity index (χ3v) is 3.54. The van der Waals surface area contributed by atoms with Crippen molar-refractivity contribution >= 4 is 11.5 Å². The second kappa shape index (κ2) is 4.43. The number of ether oxygens (including phenoxy) is 1. The van der Waals surface area contributed by atoms with Gasteiger partial charge in [-0.2, -0.15) is 0 Å². The molecule has 2 heterocycles. The number of fused-ring (bicyclic) bond motifs is 1. The molecule has 1 aromatic heterocycles. The van der Waals surface area contributed by atoms with Crippen molar-refractivity contribution in [2.24, 2.45) is 0 Å². The van der Waals surface area contributed by atoms with Crippen molar-refractivity contribution in [2.45, 2.75) is 12.5 Å². The van der Waals surface area contributed by atoms with E-state index in [4.69, 9.17) is 4.74 Å². The van der Waals surface area contributed by atoms with Crippen LogP contribution in [0.2, 0.25) is 0 Å². The Morgan fingerprint density at radius 1 is 1.47 bits per heavy atom. The Morgan fingerprint density at radius 2 is 2.41 bits per heavy atom. The molecule has 1 unspecified atom stereocenters. The average molecular weight is 247 g/mol. The number of hydrogen-bond donors (Lipinski definition) is 1. The number of nitrogens with zero attached hydrogens (tertiary/aromatic N) is 2. The summed E-state index contributed by atoms with van der Waals surface area (Å²) in [5, 5.41) is 9.38. The van der Waals surface area contributed by atoms with E-state index in [0.717, 1.165) is 30.0 Å². The van der Waals surface area contributed by atoms with E-state index in [1.807, 2.05) is 12.4 Å². The Kier molecular flexibility index (Phi) is 2.78. The molecule has 0 spiro atoms. The molecule has 1 N–H and O–H groups in total. The van der Waals surface area contributed by atoms with Gasteiger partial charge in [0.25, 0.3) is 0 Å². The number of benzene rings is 1. The van der Waals surface area contributed by atoms with E-state index in [1.165, 1.54) is 17.1 Å². The third-order valence-electron chi connectivity index (χ3n) is 3.02. The predicted octanol–water partition coefficient (Wildman–Crippen LogP) is 1.78. The van der Waals surface area contributed by atoms with Gasteiger partial charge >= 0.3 is 0 Å². The molecule has 0 bridgehead atoms. The molecule has 1 aromatic carbocycles. The van der Waals surface area contributed by atoms with Crippen LogP contribution in [0.4, 0.5) is 0 Å². The first-order valence-electron chi connectivity index (χ1n) is 5.59. The quantitative estimate of drug-likeness (QED) is 0.898. The lowest BCUT2D eigenvalue weighted by molar-refractivity contribution is 0.351. The molecule has 17 heavy (non-hydrogen) atoms. The zero-order valence-corrected chi connectivity index (χ0v) is 10.3. The van der Waals surface area contributed by atoms with Gasteiger partial charge in [-0.3, -0.25) is 0 Å². The molecule has 0 fully saturated rings. The van der Waals surface area contributed by atoms with Gasteiger partial charge in [0.05, 0.1) is 18.3 Å². The second-order valence-electron chi connectivity index (χ2n) is 3.99. The number of aromatic nitrogens is 2. The highest BCUT2D eigenvalue weighted by atomic mass is 32.1. The second-order valence-corrected chi connectivity index (χ2v) is 4.60. The van der Waals surface area contributed by atoms with E-state index in [1.54, 1.807) is 0 Å². The Bertz CT molecular complexity index is 512. The van der Waals surface area contributed by atoms with Crippen LogP contribution in [0.3, 0.4) is 0 Å². The van der Waals surface area contributed by atoms with Crippen LogP contribution in [0.15, 0.2) is 23.6 Å². The van der Waals surface area contributed by atoms with Gasteiger partial charge in [0.2, 0.25) is 0 Å². The molecule has 2 aromatic rings. The van der Waals surface area contributed by atoms with Crippen LogP contribution in [0.25, 0.3) is 0 Å². The molecule has 0 aliphatic carbocycles. The molecule has 3 rings (SSSR count). The Hall–Kier alpha value is -1.46. The highest BCUT2D eigenvalue weighted by Gasteiger charge is 2.23. The summed E-state index contributed by atoms with van der Waals surface area (Å²) in [6, 6.07) is 6.34. The van der Waals surface area contributed by atoms with Crippen LogP contribution in [0.1, 0.15) is 22.9 Å². The van der Waals surface area contributed by atoms with E-state index in [9.17, 15) is 0 Å². The van der Waals surface area contributed by atoms with Crippen LogP contribution >= 0.6 is 11.5 Å². The van der Waals surface area contributed by atoms with Gasteiger partial charge in [0.15, 0.2) is 0 Å². The molecular formula is C12H13N3OS. The minimum atomic E-state index is 0.0572. The van der Waals surface area contributed by atoms with Crippen molar-refractivity contribution in [3.05, 3.63) is 40.4 Å². The molecule has 5 heteroatoms. The van der Waals surface area contributed by atoms with E-state index in [0.29, 0.717) is 0 Å². The smallest absolute Gasteiger partial charge is 0.127 e. The van der Waals surface area contributed by atoms with Crippen LogP contribution < -0.4 is 10.1 Å². The van der Waals surface area contributed by atoms with Crippen molar-refractivity contribution in [2.75, 3.05) is 13.7 Å². The molecule has 0 radical (unpaired) electrons. The number of para-hydroxylation sites is 1. The summed E-state index contributed by atoms with van der Waals surface area (Å²) in [6.45, 7) is 0.776. The van der Waals surface area contributed by atoms with Gasteiger partial charge in [0, 0.05) is 17.4 Å². The van der Waals surface area contributed by atoms with Gasteiger partial charge in [-0.05, 0) is 24.1 Å². The Balaban J connectivity index is 2.06. The van der Waals surface area contributed by atoms with Crippen LogP contribution in [0.5, 0.6) is 5.75 Å². The zero-order valence-electron chi connectivity index (χ0n) is 9.51. The normalized spacial score (nSPS) is 15.4. The maximum Gasteiger partial charge on any atom is 0.127 e. The molecular weight excluding hydrogens is 234 g/mol. The Labute approximate surface area is 104 Å². The van der Waals surface area contributed by atoms with E-state index >= 15 is 0 Å². The first-order chi connectivity index (χ1) is 8.40. The first-order valence-corrected chi connectivity index (χ1v) is 6.42. The lowest BCUT2D eigenvalue weighted by atomic mass is 10.0. The lowest BCUT2D eigenvalue weighted by Crippen LogP contribution is -2.18. The van der Waals surface area contributed by atoms with Crippen molar-refractivity contribution in [3.8, 4) is 5.75 Å². The number of hydrogen-bond acceptors (Lipinski definition) is 5. The first kappa shape index (κ1) is 10.7. The maximum atomic E-state index is 5.73. The van der Waals surface area contributed by atoms with Gasteiger partial charge in [-0.25, -0.2) is 0 Å². The van der Waals surface area contributed by atoms with Gasteiger partial charge in [0.1, 0.15) is 5.75 Å². The maximum absolute atomic E-state index is 5.73. The minimum Gasteiger partial charge on any atom is -0.493 e. The molecule has 1 atom stereocenters. The number of nitrogens with one attached hydrogen (secondary N) is 1. The summed E-state index contributed by atoms with van der Waals surface area (Å²) in [7, 11) is 1.93. The summed E-state index contributed by atoms with van der Waals surface area (Å²) in [6.07, 6.45) is 0.995. The summed E-state index contributed by atoms with van der Waals surface area (Å²) >= 11 is 1.37. The van der Waals surface area contributed by atoms with Crippen molar-refractivity contribution in [1.82, 2.24) is 14.9 Å². The monoisotopic (exact) mass is 247 g/mol. The molecule has 88 valence electrons. The van der Waals surface area contributed by atoms with E-state index in [2.05, 4.69) is 33.1 Å².